The van der Waals surface area contributed by atoms with Gasteiger partial charge in [0.2, 0.25) is 0 Å². The first-order chi connectivity index (χ1) is 5.25. The number of aromatic nitrogens is 1. The summed E-state index contributed by atoms with van der Waals surface area (Å²) in [6, 6.07) is 0. The van der Waals surface area contributed by atoms with Gasteiger partial charge in [0.15, 0.2) is 0 Å². The molecule has 0 aliphatic rings. The molecule has 1 aromatic heterocycles. The Morgan fingerprint density at radius 2 is 2.55 bits per heavy atom. The number of hydrogen-bond donors (Lipinski definition) is 0. The lowest BCUT2D eigenvalue weighted by atomic mass is 10.3. The maximum atomic E-state index is 4.19. The van der Waals surface area contributed by atoms with Crippen molar-refractivity contribution in [1.29, 1.82) is 0 Å². The van der Waals surface area contributed by atoms with Crippen LogP contribution in [0.5, 0.6) is 0 Å². The van der Waals surface area contributed by atoms with E-state index in [4.69, 9.17) is 0 Å². The van der Waals surface area contributed by atoms with Gasteiger partial charge >= 0.3 is 0 Å². The van der Waals surface area contributed by atoms with E-state index in [1.807, 2.05) is 24.2 Å². The molecule has 0 spiro atoms. The molecule has 0 N–H and O–H groups in total. The van der Waals surface area contributed by atoms with Crippen molar-refractivity contribution < 1.29 is 0 Å². The molecule has 0 amide bonds. The SMILES string of the molecule is [CH2]C(SCC)c1scnc1C. The molecule has 1 heterocycles. The van der Waals surface area contributed by atoms with Gasteiger partial charge in [-0.1, -0.05) is 6.92 Å². The molecular formula is C8H12NS2. The van der Waals surface area contributed by atoms with Gasteiger partial charge in [-0.25, -0.2) is 4.98 Å². The summed E-state index contributed by atoms with van der Waals surface area (Å²) in [5.41, 5.74) is 3.02. The van der Waals surface area contributed by atoms with Gasteiger partial charge in [-0.15, -0.1) is 11.3 Å². The molecule has 3 heteroatoms. The highest BCUT2D eigenvalue weighted by Crippen LogP contribution is 2.31. The molecule has 0 aromatic carbocycles. The first kappa shape index (κ1) is 9.07. The molecule has 61 valence electrons. The lowest BCUT2D eigenvalue weighted by molar-refractivity contribution is 1.16. The van der Waals surface area contributed by atoms with E-state index >= 15 is 0 Å². The largest absolute Gasteiger partial charge is 0.250 e. The number of thiazole rings is 1. The van der Waals surface area contributed by atoms with Gasteiger partial charge in [0.25, 0.3) is 0 Å². The van der Waals surface area contributed by atoms with Crippen LogP contribution >= 0.6 is 23.1 Å². The smallest absolute Gasteiger partial charge is 0.0797 e. The molecule has 1 rings (SSSR count). The molecule has 1 aromatic rings. The topological polar surface area (TPSA) is 12.9 Å². The maximum Gasteiger partial charge on any atom is 0.0797 e. The van der Waals surface area contributed by atoms with E-state index in [-0.39, 0.29) is 0 Å². The molecule has 0 saturated carbocycles. The lowest BCUT2D eigenvalue weighted by Gasteiger charge is -2.06. The fraction of sp³-hybridized carbons (Fsp3) is 0.500. The van der Waals surface area contributed by atoms with Gasteiger partial charge in [0.05, 0.1) is 11.2 Å². The number of aryl methyl sites for hydroxylation is 1. The molecular weight excluding hydrogens is 174 g/mol. The number of rotatable bonds is 3. The Morgan fingerprint density at radius 3 is 3.00 bits per heavy atom. The number of nitrogens with zero attached hydrogens (tertiary/aromatic N) is 1. The standard InChI is InChI=1S/C8H12NS2/c1-4-10-7(3)8-6(2)9-5-11-8/h5,7H,3-4H2,1-2H3. The van der Waals surface area contributed by atoms with E-state index < -0.39 is 0 Å². The molecule has 0 saturated heterocycles. The summed E-state index contributed by atoms with van der Waals surface area (Å²) in [4.78, 5) is 5.50. The van der Waals surface area contributed by atoms with Gasteiger partial charge in [0.1, 0.15) is 0 Å². The molecule has 1 atom stereocenters. The highest BCUT2D eigenvalue weighted by Gasteiger charge is 2.09. The second-order valence-corrected chi connectivity index (χ2v) is 4.61. The van der Waals surface area contributed by atoms with Crippen LogP contribution in [-0.2, 0) is 0 Å². The highest BCUT2D eigenvalue weighted by atomic mass is 32.2. The van der Waals surface area contributed by atoms with Crippen LogP contribution in [0.3, 0.4) is 0 Å². The van der Waals surface area contributed by atoms with Crippen LogP contribution in [0.4, 0.5) is 0 Å². The van der Waals surface area contributed by atoms with E-state index in [2.05, 4.69) is 18.8 Å². The zero-order valence-corrected chi connectivity index (χ0v) is 8.47. The number of hydrogen-bond acceptors (Lipinski definition) is 3. The van der Waals surface area contributed by atoms with E-state index in [9.17, 15) is 0 Å². The highest BCUT2D eigenvalue weighted by molar-refractivity contribution is 7.99. The summed E-state index contributed by atoms with van der Waals surface area (Å²) in [6.07, 6.45) is 0. The third-order valence-electron chi connectivity index (χ3n) is 1.44. The number of thioether (sulfide) groups is 1. The van der Waals surface area contributed by atoms with Crippen molar-refractivity contribution in [2.45, 2.75) is 19.1 Å². The quantitative estimate of drug-likeness (QED) is 0.719. The van der Waals surface area contributed by atoms with Crippen LogP contribution < -0.4 is 0 Å². The van der Waals surface area contributed by atoms with Crippen LogP contribution in [0, 0.1) is 13.8 Å². The van der Waals surface area contributed by atoms with Crippen molar-refractivity contribution in [3.05, 3.63) is 23.0 Å². The first-order valence-corrected chi connectivity index (χ1v) is 5.53. The predicted molar refractivity (Wildman–Crippen MR) is 53.1 cm³/mol. The molecule has 0 aliphatic heterocycles. The Morgan fingerprint density at radius 1 is 1.82 bits per heavy atom. The van der Waals surface area contributed by atoms with E-state index in [0.717, 1.165) is 11.4 Å². The Balaban J connectivity index is 2.67. The van der Waals surface area contributed by atoms with Gasteiger partial charge in [0, 0.05) is 10.1 Å². The van der Waals surface area contributed by atoms with Crippen LogP contribution in [0.25, 0.3) is 0 Å². The zero-order valence-electron chi connectivity index (χ0n) is 6.83. The Kier molecular flexibility index (Phi) is 3.40. The molecule has 11 heavy (non-hydrogen) atoms. The second kappa shape index (κ2) is 4.12. The first-order valence-electron chi connectivity index (χ1n) is 3.60. The average molecular weight is 186 g/mol. The summed E-state index contributed by atoms with van der Waals surface area (Å²) in [7, 11) is 0. The van der Waals surface area contributed by atoms with E-state index in [0.29, 0.717) is 5.25 Å². The molecule has 0 bridgehead atoms. The molecule has 1 unspecified atom stereocenters. The minimum absolute atomic E-state index is 0.368. The van der Waals surface area contributed by atoms with Crippen molar-refractivity contribution in [2.24, 2.45) is 0 Å². The second-order valence-electron chi connectivity index (χ2n) is 2.25. The summed E-state index contributed by atoms with van der Waals surface area (Å²) in [5.74, 6) is 1.12. The summed E-state index contributed by atoms with van der Waals surface area (Å²) >= 11 is 3.57. The summed E-state index contributed by atoms with van der Waals surface area (Å²) in [6.45, 7) is 8.26. The Hall–Kier alpha value is -0.0200. The van der Waals surface area contributed by atoms with Crippen LogP contribution in [0.2, 0.25) is 0 Å². The van der Waals surface area contributed by atoms with Gasteiger partial charge in [-0.05, 0) is 19.6 Å². The van der Waals surface area contributed by atoms with Crippen molar-refractivity contribution in [3.63, 3.8) is 0 Å². The fourth-order valence-corrected chi connectivity index (χ4v) is 2.69. The Labute approximate surface area is 76.2 Å². The monoisotopic (exact) mass is 186 g/mol. The third-order valence-corrected chi connectivity index (χ3v) is 3.61. The van der Waals surface area contributed by atoms with Crippen molar-refractivity contribution in [1.82, 2.24) is 4.98 Å². The average Bonchev–Trinajstić information content (AvgIpc) is 2.36. The van der Waals surface area contributed by atoms with Gasteiger partial charge in [-0.3, -0.25) is 0 Å². The lowest BCUT2D eigenvalue weighted by Crippen LogP contribution is -1.88. The summed E-state index contributed by atoms with van der Waals surface area (Å²) < 4.78 is 0. The van der Waals surface area contributed by atoms with Crippen LogP contribution in [0.15, 0.2) is 5.51 Å². The fourth-order valence-electron chi connectivity index (χ4n) is 0.897. The third kappa shape index (κ3) is 2.20. The molecule has 1 radical (unpaired) electrons. The van der Waals surface area contributed by atoms with Crippen LogP contribution in [-0.4, -0.2) is 10.7 Å². The molecule has 1 nitrogen and oxygen atoms in total. The zero-order chi connectivity index (χ0) is 8.27. The van der Waals surface area contributed by atoms with E-state index in [1.54, 1.807) is 11.3 Å². The Bertz CT molecular complexity index is 220. The van der Waals surface area contributed by atoms with Gasteiger partial charge < -0.3 is 0 Å². The normalized spacial score (nSPS) is 13.4. The van der Waals surface area contributed by atoms with Crippen molar-refractivity contribution in [2.75, 3.05) is 5.75 Å². The minimum Gasteiger partial charge on any atom is -0.250 e. The van der Waals surface area contributed by atoms with E-state index in [1.165, 1.54) is 4.88 Å². The molecule has 0 aliphatic carbocycles. The van der Waals surface area contributed by atoms with Gasteiger partial charge in [-0.2, -0.15) is 11.8 Å². The van der Waals surface area contributed by atoms with Crippen LogP contribution in [0.1, 0.15) is 22.7 Å². The molecule has 0 fully saturated rings. The van der Waals surface area contributed by atoms with Crippen molar-refractivity contribution >= 4 is 23.1 Å². The maximum absolute atomic E-state index is 4.19. The predicted octanol–water partition coefficient (Wildman–Crippen LogP) is 3.08. The minimum atomic E-state index is 0.368. The summed E-state index contributed by atoms with van der Waals surface area (Å²) in [5, 5.41) is 0.368. The van der Waals surface area contributed by atoms with Crippen molar-refractivity contribution in [3.8, 4) is 0 Å².